The van der Waals surface area contributed by atoms with E-state index in [1.165, 1.54) is 0 Å². The molecule has 0 atom stereocenters. The van der Waals surface area contributed by atoms with Crippen LogP contribution in [0.3, 0.4) is 0 Å². The second kappa shape index (κ2) is 6.19. The highest BCUT2D eigenvalue weighted by molar-refractivity contribution is 5.88. The minimum Gasteiger partial charge on any atom is -0.493 e. The van der Waals surface area contributed by atoms with Gasteiger partial charge in [0.25, 0.3) is 0 Å². The van der Waals surface area contributed by atoms with Crippen molar-refractivity contribution >= 4 is 5.97 Å². The smallest absolute Gasteiger partial charge is 0.335 e. The molecular weight excluding hydrogens is 254 g/mol. The molecule has 0 fully saturated rings. The first-order valence-electron chi connectivity index (χ1n) is 6.45. The van der Waals surface area contributed by atoms with E-state index in [1.54, 1.807) is 18.3 Å². The van der Waals surface area contributed by atoms with Crippen LogP contribution < -0.4 is 4.74 Å². The van der Waals surface area contributed by atoms with E-state index in [2.05, 4.69) is 4.98 Å². The third kappa shape index (κ3) is 3.35. The molecule has 4 heteroatoms. The van der Waals surface area contributed by atoms with E-state index in [0.29, 0.717) is 6.61 Å². The van der Waals surface area contributed by atoms with Crippen molar-refractivity contribution in [3.8, 4) is 5.75 Å². The molecule has 0 saturated heterocycles. The monoisotopic (exact) mass is 271 g/mol. The normalized spacial score (nSPS) is 10.3. The molecule has 0 bridgehead atoms. The molecule has 20 heavy (non-hydrogen) atoms. The van der Waals surface area contributed by atoms with Crippen LogP contribution in [-0.4, -0.2) is 22.7 Å². The first-order valence-corrected chi connectivity index (χ1v) is 6.45. The summed E-state index contributed by atoms with van der Waals surface area (Å²) < 4.78 is 5.77. The summed E-state index contributed by atoms with van der Waals surface area (Å²) in [5.74, 6) is -0.165. The summed E-state index contributed by atoms with van der Waals surface area (Å²) in [4.78, 5) is 15.2. The number of carboxylic acids is 1. The van der Waals surface area contributed by atoms with Gasteiger partial charge in [-0.15, -0.1) is 0 Å². The van der Waals surface area contributed by atoms with Gasteiger partial charge in [0.1, 0.15) is 5.75 Å². The van der Waals surface area contributed by atoms with Gasteiger partial charge in [-0.2, -0.15) is 0 Å². The molecular formula is C16H17NO3. The van der Waals surface area contributed by atoms with E-state index in [4.69, 9.17) is 9.84 Å². The second-order valence-electron chi connectivity index (χ2n) is 4.66. The molecule has 1 heterocycles. The zero-order valence-electron chi connectivity index (χ0n) is 11.6. The molecule has 0 aliphatic heterocycles. The maximum absolute atomic E-state index is 11.0. The number of pyridine rings is 1. The molecule has 1 aromatic carbocycles. The van der Waals surface area contributed by atoms with Crippen molar-refractivity contribution in [2.24, 2.45) is 0 Å². The maximum atomic E-state index is 11.0. The molecule has 104 valence electrons. The number of rotatable bonds is 5. The lowest BCUT2D eigenvalue weighted by molar-refractivity contribution is 0.0696. The third-order valence-corrected chi connectivity index (χ3v) is 3.04. The first-order chi connectivity index (χ1) is 9.58. The van der Waals surface area contributed by atoms with E-state index in [9.17, 15) is 4.79 Å². The van der Waals surface area contributed by atoms with Crippen LogP contribution in [0.4, 0.5) is 0 Å². The van der Waals surface area contributed by atoms with Crippen LogP contribution in [-0.2, 0) is 6.42 Å². The molecule has 2 rings (SSSR count). The summed E-state index contributed by atoms with van der Waals surface area (Å²) in [6.07, 6.45) is 2.48. The molecule has 2 aromatic rings. The number of aromatic nitrogens is 1. The Labute approximate surface area is 118 Å². The number of nitrogens with zero attached hydrogens (tertiary/aromatic N) is 1. The van der Waals surface area contributed by atoms with Crippen molar-refractivity contribution in [3.63, 3.8) is 0 Å². The molecule has 0 aliphatic carbocycles. The number of benzene rings is 1. The quantitative estimate of drug-likeness (QED) is 0.908. The van der Waals surface area contributed by atoms with Gasteiger partial charge in [0.15, 0.2) is 0 Å². The van der Waals surface area contributed by atoms with Crippen molar-refractivity contribution in [2.45, 2.75) is 20.3 Å². The molecule has 4 nitrogen and oxygen atoms in total. The van der Waals surface area contributed by atoms with Crippen molar-refractivity contribution < 1.29 is 14.6 Å². The summed E-state index contributed by atoms with van der Waals surface area (Å²) in [7, 11) is 0. The van der Waals surface area contributed by atoms with Crippen molar-refractivity contribution in [1.29, 1.82) is 0 Å². The Bertz CT molecular complexity index is 585. The fraction of sp³-hybridized carbons (Fsp3) is 0.250. The van der Waals surface area contributed by atoms with Crippen LogP contribution in [0.2, 0.25) is 0 Å². The highest BCUT2D eigenvalue weighted by Gasteiger charge is 2.10. The van der Waals surface area contributed by atoms with Gasteiger partial charge in [0, 0.05) is 18.3 Å². The summed E-state index contributed by atoms with van der Waals surface area (Å²) in [5.41, 5.74) is 2.94. The molecule has 1 aromatic heterocycles. The van der Waals surface area contributed by atoms with E-state index in [1.807, 2.05) is 32.0 Å². The maximum Gasteiger partial charge on any atom is 0.335 e. The van der Waals surface area contributed by atoms with Gasteiger partial charge in [0.2, 0.25) is 0 Å². The van der Waals surface area contributed by atoms with Gasteiger partial charge < -0.3 is 9.84 Å². The third-order valence-electron chi connectivity index (χ3n) is 3.04. The van der Waals surface area contributed by atoms with E-state index < -0.39 is 5.97 Å². The van der Waals surface area contributed by atoms with E-state index in [0.717, 1.165) is 29.0 Å². The van der Waals surface area contributed by atoms with Gasteiger partial charge in [-0.05, 0) is 49.2 Å². The molecule has 0 spiro atoms. The predicted molar refractivity (Wildman–Crippen MR) is 76.3 cm³/mol. The molecule has 0 saturated carbocycles. The van der Waals surface area contributed by atoms with E-state index >= 15 is 0 Å². The largest absolute Gasteiger partial charge is 0.493 e. The lowest BCUT2D eigenvalue weighted by atomic mass is 10.1. The summed E-state index contributed by atoms with van der Waals surface area (Å²) >= 11 is 0. The fourth-order valence-corrected chi connectivity index (χ4v) is 2.11. The van der Waals surface area contributed by atoms with Gasteiger partial charge in [-0.3, -0.25) is 4.98 Å². The van der Waals surface area contributed by atoms with Gasteiger partial charge in [-0.25, -0.2) is 4.79 Å². The van der Waals surface area contributed by atoms with Gasteiger partial charge >= 0.3 is 5.97 Å². The van der Waals surface area contributed by atoms with Crippen LogP contribution >= 0.6 is 0 Å². The van der Waals surface area contributed by atoms with Crippen LogP contribution in [0.1, 0.15) is 27.2 Å². The highest BCUT2D eigenvalue weighted by atomic mass is 16.5. The minimum absolute atomic E-state index is 0.289. The predicted octanol–water partition coefficient (Wildman–Crippen LogP) is 3.02. The summed E-state index contributed by atoms with van der Waals surface area (Å²) in [6.45, 7) is 4.23. The Morgan fingerprint density at radius 2 is 1.95 bits per heavy atom. The summed E-state index contributed by atoms with van der Waals surface area (Å²) in [5, 5.41) is 9.00. The van der Waals surface area contributed by atoms with Gasteiger partial charge in [-0.1, -0.05) is 6.07 Å². The Kier molecular flexibility index (Phi) is 4.35. The Hall–Kier alpha value is -2.36. The van der Waals surface area contributed by atoms with Crippen molar-refractivity contribution in [3.05, 3.63) is 58.9 Å². The van der Waals surface area contributed by atoms with Crippen LogP contribution in [0, 0.1) is 13.8 Å². The number of aryl methyl sites for hydroxylation is 2. The Morgan fingerprint density at radius 1 is 1.25 bits per heavy atom. The lowest BCUT2D eigenvalue weighted by Crippen LogP contribution is -2.06. The molecule has 0 amide bonds. The number of aromatic carboxylic acids is 1. The first kappa shape index (κ1) is 14.1. The Morgan fingerprint density at radius 3 is 2.50 bits per heavy atom. The Balaban J connectivity index is 2.05. The van der Waals surface area contributed by atoms with E-state index in [-0.39, 0.29) is 5.56 Å². The number of ether oxygens (including phenoxy) is 1. The molecule has 0 radical (unpaired) electrons. The molecule has 1 N–H and O–H groups in total. The van der Waals surface area contributed by atoms with Crippen LogP contribution in [0.5, 0.6) is 5.75 Å². The molecule has 0 unspecified atom stereocenters. The highest BCUT2D eigenvalue weighted by Crippen LogP contribution is 2.25. The zero-order valence-corrected chi connectivity index (χ0v) is 11.6. The molecule has 0 aliphatic rings. The number of carbonyl (C=O) groups is 1. The summed E-state index contributed by atoms with van der Waals surface area (Å²) in [6, 6.07) is 9.04. The zero-order chi connectivity index (χ0) is 14.5. The lowest BCUT2D eigenvalue weighted by Gasteiger charge is -2.13. The van der Waals surface area contributed by atoms with Crippen molar-refractivity contribution in [1.82, 2.24) is 4.98 Å². The second-order valence-corrected chi connectivity index (χ2v) is 4.66. The average molecular weight is 271 g/mol. The van der Waals surface area contributed by atoms with Gasteiger partial charge in [0.05, 0.1) is 12.2 Å². The average Bonchev–Trinajstić information content (AvgIpc) is 2.42. The minimum atomic E-state index is -0.920. The van der Waals surface area contributed by atoms with Crippen molar-refractivity contribution in [2.75, 3.05) is 6.61 Å². The number of hydrogen-bond acceptors (Lipinski definition) is 3. The standard InChI is InChI=1S/C16H17NO3/c1-11-9-13(16(18)19)10-12(2)15(11)20-8-6-14-5-3-4-7-17-14/h3-5,7,9-10H,6,8H2,1-2H3,(H,18,19). The topological polar surface area (TPSA) is 59.4 Å². The number of carboxylic acid groups (broad SMARTS) is 1. The SMILES string of the molecule is Cc1cc(C(=O)O)cc(C)c1OCCc1ccccn1. The van der Waals surface area contributed by atoms with Crippen LogP contribution in [0.15, 0.2) is 36.5 Å². The number of hydrogen-bond donors (Lipinski definition) is 1. The van der Waals surface area contributed by atoms with Crippen LogP contribution in [0.25, 0.3) is 0 Å². The fourth-order valence-electron chi connectivity index (χ4n) is 2.11.